The molecule has 0 spiro atoms. The van der Waals surface area contributed by atoms with Crippen LogP contribution in [0.3, 0.4) is 0 Å². The van der Waals surface area contributed by atoms with Crippen molar-refractivity contribution in [2.75, 3.05) is 17.7 Å². The summed E-state index contributed by atoms with van der Waals surface area (Å²) in [6.45, 7) is 5.17. The van der Waals surface area contributed by atoms with Crippen LogP contribution in [0.5, 0.6) is 5.75 Å². The van der Waals surface area contributed by atoms with Gasteiger partial charge in [-0.25, -0.2) is 0 Å². The molecule has 1 aromatic carbocycles. The number of amides is 2. The van der Waals surface area contributed by atoms with Crippen molar-refractivity contribution >= 4 is 35.6 Å². The monoisotopic (exact) mass is 315 g/mol. The summed E-state index contributed by atoms with van der Waals surface area (Å²) in [5.41, 5.74) is 6.89. The Bertz CT molecular complexity index is 506. The number of nitrogens with one attached hydrogen (secondary N) is 2. The zero-order chi connectivity index (χ0) is 15.3. The van der Waals surface area contributed by atoms with Gasteiger partial charge in [0.2, 0.25) is 11.8 Å². The summed E-state index contributed by atoms with van der Waals surface area (Å²) in [5.74, 6) is 0.0721. The molecule has 0 aliphatic heterocycles. The van der Waals surface area contributed by atoms with Gasteiger partial charge in [-0.3, -0.25) is 9.59 Å². The Morgan fingerprint density at radius 3 is 2.33 bits per heavy atom. The second-order valence-corrected chi connectivity index (χ2v) is 4.86. The molecular formula is C14H22ClN3O3. The topological polar surface area (TPSA) is 93.4 Å². The van der Waals surface area contributed by atoms with Gasteiger partial charge in [-0.05, 0) is 18.1 Å². The van der Waals surface area contributed by atoms with E-state index in [0.717, 1.165) is 0 Å². The van der Waals surface area contributed by atoms with Crippen LogP contribution < -0.4 is 21.1 Å². The van der Waals surface area contributed by atoms with Gasteiger partial charge in [0.05, 0.1) is 18.8 Å². The van der Waals surface area contributed by atoms with E-state index in [1.54, 1.807) is 18.2 Å². The first-order chi connectivity index (χ1) is 9.35. The highest BCUT2D eigenvalue weighted by Crippen LogP contribution is 2.28. The van der Waals surface area contributed by atoms with E-state index in [9.17, 15) is 9.59 Å². The van der Waals surface area contributed by atoms with E-state index in [-0.39, 0.29) is 30.1 Å². The fraction of sp³-hybridized carbons (Fsp3) is 0.429. The average Bonchev–Trinajstić information content (AvgIpc) is 2.38. The molecule has 0 aromatic heterocycles. The maximum absolute atomic E-state index is 11.9. The lowest BCUT2D eigenvalue weighted by atomic mass is 10.0. The molecule has 0 aliphatic carbocycles. The SMILES string of the molecule is COc1cc(NC(=O)C(N)C(C)C)ccc1NC(C)=O.Cl. The molecule has 6 nitrogen and oxygen atoms in total. The molecule has 0 saturated heterocycles. The van der Waals surface area contributed by atoms with Crippen molar-refractivity contribution in [2.45, 2.75) is 26.8 Å². The molecule has 0 saturated carbocycles. The maximum atomic E-state index is 11.9. The number of anilines is 2. The van der Waals surface area contributed by atoms with E-state index in [4.69, 9.17) is 10.5 Å². The standard InChI is InChI=1S/C14H21N3O3.ClH/c1-8(2)13(15)14(19)17-10-5-6-11(16-9(3)18)12(7-10)20-4;/h5-8,13H,15H2,1-4H3,(H,16,18)(H,17,19);1H. The van der Waals surface area contributed by atoms with Crippen molar-refractivity contribution in [1.29, 1.82) is 0 Å². The lowest BCUT2D eigenvalue weighted by molar-refractivity contribution is -0.118. The van der Waals surface area contributed by atoms with Crippen molar-refractivity contribution in [3.8, 4) is 5.75 Å². The molecule has 2 amide bonds. The summed E-state index contributed by atoms with van der Waals surface area (Å²) in [4.78, 5) is 22.9. The van der Waals surface area contributed by atoms with Gasteiger partial charge in [-0.1, -0.05) is 13.8 Å². The van der Waals surface area contributed by atoms with Gasteiger partial charge >= 0.3 is 0 Å². The molecule has 0 aliphatic rings. The molecule has 1 unspecified atom stereocenters. The van der Waals surface area contributed by atoms with Crippen molar-refractivity contribution in [1.82, 2.24) is 0 Å². The van der Waals surface area contributed by atoms with E-state index in [2.05, 4.69) is 10.6 Å². The number of nitrogens with two attached hydrogens (primary N) is 1. The fourth-order valence-electron chi connectivity index (χ4n) is 1.59. The Labute approximate surface area is 130 Å². The number of benzene rings is 1. The van der Waals surface area contributed by atoms with Crippen LogP contribution in [-0.4, -0.2) is 25.0 Å². The van der Waals surface area contributed by atoms with Crippen LogP contribution in [0.2, 0.25) is 0 Å². The highest BCUT2D eigenvalue weighted by Gasteiger charge is 2.17. The Kier molecular flexibility index (Phi) is 7.76. The normalized spacial score (nSPS) is 11.3. The van der Waals surface area contributed by atoms with E-state index in [1.807, 2.05) is 13.8 Å². The first kappa shape index (κ1) is 19.2. The molecule has 0 fully saturated rings. The summed E-state index contributed by atoms with van der Waals surface area (Å²) in [6.07, 6.45) is 0. The van der Waals surface area contributed by atoms with E-state index >= 15 is 0 Å². The summed E-state index contributed by atoms with van der Waals surface area (Å²) < 4.78 is 5.18. The third kappa shape index (κ3) is 5.61. The van der Waals surface area contributed by atoms with Crippen LogP contribution >= 0.6 is 12.4 Å². The molecule has 118 valence electrons. The van der Waals surface area contributed by atoms with Crippen molar-refractivity contribution < 1.29 is 14.3 Å². The third-order valence-electron chi connectivity index (χ3n) is 2.80. The van der Waals surface area contributed by atoms with E-state index < -0.39 is 6.04 Å². The van der Waals surface area contributed by atoms with Gasteiger partial charge in [0.15, 0.2) is 0 Å². The van der Waals surface area contributed by atoms with Crippen LogP contribution in [0, 0.1) is 5.92 Å². The van der Waals surface area contributed by atoms with Gasteiger partial charge in [0.1, 0.15) is 5.75 Å². The predicted molar refractivity (Wildman–Crippen MR) is 86.0 cm³/mol. The second kappa shape index (κ2) is 8.49. The van der Waals surface area contributed by atoms with Crippen LogP contribution in [0.1, 0.15) is 20.8 Å². The van der Waals surface area contributed by atoms with Crippen molar-refractivity contribution in [2.24, 2.45) is 11.7 Å². The Morgan fingerprint density at radius 2 is 1.86 bits per heavy atom. The molecule has 7 heteroatoms. The number of hydrogen-bond donors (Lipinski definition) is 3. The predicted octanol–water partition coefficient (Wildman–Crippen LogP) is 2.00. The lowest BCUT2D eigenvalue weighted by Gasteiger charge is -2.16. The zero-order valence-electron chi connectivity index (χ0n) is 12.6. The molecule has 0 radical (unpaired) electrons. The van der Waals surface area contributed by atoms with E-state index in [1.165, 1.54) is 14.0 Å². The number of halogens is 1. The largest absolute Gasteiger partial charge is 0.494 e. The maximum Gasteiger partial charge on any atom is 0.241 e. The number of hydrogen-bond acceptors (Lipinski definition) is 4. The molecule has 1 atom stereocenters. The first-order valence-electron chi connectivity index (χ1n) is 6.37. The fourth-order valence-corrected chi connectivity index (χ4v) is 1.59. The van der Waals surface area contributed by atoms with Gasteiger partial charge < -0.3 is 21.1 Å². The summed E-state index contributed by atoms with van der Waals surface area (Å²) >= 11 is 0. The summed E-state index contributed by atoms with van der Waals surface area (Å²) in [5, 5.41) is 5.37. The van der Waals surface area contributed by atoms with Crippen LogP contribution in [0.15, 0.2) is 18.2 Å². The van der Waals surface area contributed by atoms with Crippen LogP contribution in [-0.2, 0) is 9.59 Å². The molecule has 1 rings (SSSR count). The number of carbonyl (C=O) groups is 2. The zero-order valence-corrected chi connectivity index (χ0v) is 13.4. The quantitative estimate of drug-likeness (QED) is 0.774. The van der Waals surface area contributed by atoms with E-state index in [0.29, 0.717) is 17.1 Å². The highest BCUT2D eigenvalue weighted by atomic mass is 35.5. The van der Waals surface area contributed by atoms with Gasteiger partial charge in [0, 0.05) is 18.7 Å². The van der Waals surface area contributed by atoms with Gasteiger partial charge in [-0.2, -0.15) is 0 Å². The highest BCUT2D eigenvalue weighted by molar-refractivity contribution is 5.96. The Balaban J connectivity index is 0.00000400. The molecule has 0 heterocycles. The van der Waals surface area contributed by atoms with Crippen LogP contribution in [0.4, 0.5) is 11.4 Å². The summed E-state index contributed by atoms with van der Waals surface area (Å²) in [7, 11) is 1.49. The van der Waals surface area contributed by atoms with Crippen molar-refractivity contribution in [3.05, 3.63) is 18.2 Å². The first-order valence-corrected chi connectivity index (χ1v) is 6.37. The molecule has 4 N–H and O–H groups in total. The molecule has 1 aromatic rings. The molecule has 21 heavy (non-hydrogen) atoms. The minimum atomic E-state index is -0.573. The van der Waals surface area contributed by atoms with Gasteiger partial charge in [0.25, 0.3) is 0 Å². The number of methoxy groups -OCH3 is 1. The lowest BCUT2D eigenvalue weighted by Crippen LogP contribution is -2.39. The van der Waals surface area contributed by atoms with Crippen molar-refractivity contribution in [3.63, 3.8) is 0 Å². The number of carbonyl (C=O) groups excluding carboxylic acids is 2. The molecule has 0 bridgehead atoms. The smallest absolute Gasteiger partial charge is 0.241 e. The Hall–Kier alpha value is -1.79. The van der Waals surface area contributed by atoms with Crippen LogP contribution in [0.25, 0.3) is 0 Å². The van der Waals surface area contributed by atoms with Gasteiger partial charge in [-0.15, -0.1) is 12.4 Å². The third-order valence-corrected chi connectivity index (χ3v) is 2.80. The second-order valence-electron chi connectivity index (χ2n) is 4.86. The average molecular weight is 316 g/mol. The summed E-state index contributed by atoms with van der Waals surface area (Å²) in [6, 6.07) is 4.40. The number of ether oxygens (including phenoxy) is 1. The molecular weight excluding hydrogens is 294 g/mol. The minimum absolute atomic E-state index is 0. The minimum Gasteiger partial charge on any atom is -0.494 e. The number of rotatable bonds is 5. The Morgan fingerprint density at radius 1 is 1.24 bits per heavy atom.